The molecule has 0 unspecified atom stereocenters. The zero-order valence-corrected chi connectivity index (χ0v) is 14.2. The first kappa shape index (κ1) is 17.2. The van der Waals surface area contributed by atoms with Crippen molar-refractivity contribution in [2.75, 3.05) is 13.2 Å². The van der Waals surface area contributed by atoms with Gasteiger partial charge in [-0.1, -0.05) is 58.4 Å². The first-order valence-electron chi connectivity index (χ1n) is 7.34. The third-order valence-electron chi connectivity index (χ3n) is 3.20. The lowest BCUT2D eigenvalue weighted by atomic mass is 10.1. The van der Waals surface area contributed by atoms with Crippen LogP contribution in [-0.2, 0) is 27.2 Å². The van der Waals surface area contributed by atoms with E-state index in [1.807, 2.05) is 54.6 Å². The molecule has 5 heteroatoms. The number of amides is 1. The van der Waals surface area contributed by atoms with Gasteiger partial charge in [-0.3, -0.25) is 9.59 Å². The van der Waals surface area contributed by atoms with Crippen LogP contribution in [0.2, 0.25) is 0 Å². The van der Waals surface area contributed by atoms with Gasteiger partial charge in [0.25, 0.3) is 5.91 Å². The van der Waals surface area contributed by atoms with E-state index >= 15 is 0 Å². The van der Waals surface area contributed by atoms with Gasteiger partial charge in [-0.25, -0.2) is 0 Å². The molecule has 1 N–H and O–H groups in total. The highest BCUT2D eigenvalue weighted by Crippen LogP contribution is 2.11. The third kappa shape index (κ3) is 6.65. The van der Waals surface area contributed by atoms with Gasteiger partial charge in [0.2, 0.25) is 0 Å². The van der Waals surface area contributed by atoms with E-state index < -0.39 is 5.97 Å². The SMILES string of the molecule is O=C(COC(=O)Cc1ccc(Br)cc1)NCCc1ccccc1. The standard InChI is InChI=1S/C18H18BrNO3/c19-16-8-6-15(7-9-16)12-18(22)23-13-17(21)20-11-10-14-4-2-1-3-5-14/h1-9H,10-13H2,(H,20,21). The summed E-state index contributed by atoms with van der Waals surface area (Å²) in [5.41, 5.74) is 2.00. The predicted molar refractivity (Wildman–Crippen MR) is 92.0 cm³/mol. The molecule has 0 aromatic heterocycles. The Morgan fingerprint density at radius 2 is 1.65 bits per heavy atom. The molecule has 2 aromatic carbocycles. The second-order valence-corrected chi connectivity index (χ2v) is 5.97. The van der Waals surface area contributed by atoms with Crippen LogP contribution in [0.15, 0.2) is 59.1 Å². The summed E-state index contributed by atoms with van der Waals surface area (Å²) in [6.45, 7) is 0.275. The van der Waals surface area contributed by atoms with E-state index in [9.17, 15) is 9.59 Å². The number of esters is 1. The summed E-state index contributed by atoms with van der Waals surface area (Å²) in [6, 6.07) is 17.3. The van der Waals surface area contributed by atoms with Crippen molar-refractivity contribution in [3.63, 3.8) is 0 Å². The van der Waals surface area contributed by atoms with Crippen LogP contribution in [0.25, 0.3) is 0 Å². The van der Waals surface area contributed by atoms with Crippen molar-refractivity contribution in [2.24, 2.45) is 0 Å². The molecule has 4 nitrogen and oxygen atoms in total. The summed E-state index contributed by atoms with van der Waals surface area (Å²) in [5.74, 6) is -0.699. The molecule has 0 saturated heterocycles. The predicted octanol–water partition coefficient (Wildman–Crippen LogP) is 2.89. The molecule has 0 atom stereocenters. The molecule has 0 fully saturated rings. The Balaban J connectivity index is 1.63. The smallest absolute Gasteiger partial charge is 0.310 e. The fourth-order valence-electron chi connectivity index (χ4n) is 2.01. The van der Waals surface area contributed by atoms with Gasteiger partial charge in [-0.15, -0.1) is 0 Å². The van der Waals surface area contributed by atoms with Crippen LogP contribution >= 0.6 is 15.9 Å². The molecule has 23 heavy (non-hydrogen) atoms. The molecule has 120 valence electrons. The van der Waals surface area contributed by atoms with Gasteiger partial charge in [0.15, 0.2) is 6.61 Å². The highest BCUT2D eigenvalue weighted by atomic mass is 79.9. The number of benzene rings is 2. The van der Waals surface area contributed by atoms with E-state index in [1.54, 1.807) is 0 Å². The largest absolute Gasteiger partial charge is 0.455 e. The van der Waals surface area contributed by atoms with Gasteiger partial charge in [0, 0.05) is 11.0 Å². The number of hydrogen-bond acceptors (Lipinski definition) is 3. The van der Waals surface area contributed by atoms with E-state index in [4.69, 9.17) is 4.74 Å². The lowest BCUT2D eigenvalue weighted by Gasteiger charge is -2.07. The Hall–Kier alpha value is -2.14. The van der Waals surface area contributed by atoms with Crippen molar-refractivity contribution >= 4 is 27.8 Å². The van der Waals surface area contributed by atoms with Gasteiger partial charge < -0.3 is 10.1 Å². The maximum atomic E-state index is 11.7. The van der Waals surface area contributed by atoms with Crippen LogP contribution in [0.5, 0.6) is 0 Å². The fourth-order valence-corrected chi connectivity index (χ4v) is 2.27. The highest BCUT2D eigenvalue weighted by molar-refractivity contribution is 9.10. The molecule has 0 aliphatic carbocycles. The van der Waals surface area contributed by atoms with E-state index in [0.29, 0.717) is 6.54 Å². The molecule has 0 bridgehead atoms. The van der Waals surface area contributed by atoms with Crippen molar-refractivity contribution in [1.29, 1.82) is 0 Å². The number of halogens is 1. The number of carbonyl (C=O) groups is 2. The van der Waals surface area contributed by atoms with Crippen LogP contribution in [0.3, 0.4) is 0 Å². The summed E-state index contributed by atoms with van der Waals surface area (Å²) in [5, 5.41) is 2.74. The van der Waals surface area contributed by atoms with Gasteiger partial charge in [-0.05, 0) is 29.7 Å². The van der Waals surface area contributed by atoms with E-state index in [2.05, 4.69) is 21.2 Å². The molecular weight excluding hydrogens is 358 g/mol. The number of rotatable bonds is 7. The van der Waals surface area contributed by atoms with Gasteiger partial charge in [0.05, 0.1) is 6.42 Å². The topological polar surface area (TPSA) is 55.4 Å². The zero-order chi connectivity index (χ0) is 16.5. The number of ether oxygens (including phenoxy) is 1. The Bertz CT molecular complexity index is 641. The monoisotopic (exact) mass is 375 g/mol. The maximum Gasteiger partial charge on any atom is 0.310 e. The molecule has 0 radical (unpaired) electrons. The van der Waals surface area contributed by atoms with Crippen molar-refractivity contribution in [2.45, 2.75) is 12.8 Å². The number of nitrogens with one attached hydrogen (secondary N) is 1. The molecule has 0 aliphatic rings. The van der Waals surface area contributed by atoms with Crippen LogP contribution in [0.4, 0.5) is 0 Å². The van der Waals surface area contributed by atoms with Crippen molar-refractivity contribution in [3.05, 3.63) is 70.2 Å². The minimum Gasteiger partial charge on any atom is -0.455 e. The second-order valence-electron chi connectivity index (χ2n) is 5.05. The molecule has 0 saturated carbocycles. The van der Waals surface area contributed by atoms with Crippen LogP contribution in [0, 0.1) is 0 Å². The number of hydrogen-bond donors (Lipinski definition) is 1. The minimum absolute atomic E-state index is 0.157. The molecule has 0 aliphatic heterocycles. The average Bonchev–Trinajstić information content (AvgIpc) is 2.56. The Morgan fingerprint density at radius 1 is 0.957 bits per heavy atom. The van der Waals surface area contributed by atoms with Gasteiger partial charge in [-0.2, -0.15) is 0 Å². The van der Waals surface area contributed by atoms with Crippen molar-refractivity contribution in [3.8, 4) is 0 Å². The normalized spacial score (nSPS) is 10.1. The zero-order valence-electron chi connectivity index (χ0n) is 12.6. The summed E-state index contributed by atoms with van der Waals surface area (Å²) >= 11 is 3.33. The summed E-state index contributed by atoms with van der Waals surface area (Å²) < 4.78 is 5.93. The van der Waals surface area contributed by atoms with E-state index in [1.165, 1.54) is 0 Å². The fraction of sp³-hybridized carbons (Fsp3) is 0.222. The lowest BCUT2D eigenvalue weighted by Crippen LogP contribution is -2.30. The quantitative estimate of drug-likeness (QED) is 0.757. The molecule has 2 rings (SSSR count). The summed E-state index contributed by atoms with van der Waals surface area (Å²) in [4.78, 5) is 23.3. The first-order chi connectivity index (χ1) is 11.1. The minimum atomic E-state index is -0.412. The lowest BCUT2D eigenvalue weighted by molar-refractivity contribution is -0.147. The molecule has 2 aromatic rings. The maximum absolute atomic E-state index is 11.7. The molecule has 1 amide bonds. The first-order valence-corrected chi connectivity index (χ1v) is 8.13. The van der Waals surface area contributed by atoms with Crippen LogP contribution in [0.1, 0.15) is 11.1 Å². The Morgan fingerprint density at radius 3 is 2.35 bits per heavy atom. The van der Waals surface area contributed by atoms with E-state index in [-0.39, 0.29) is 18.9 Å². The summed E-state index contributed by atoms with van der Waals surface area (Å²) in [6.07, 6.45) is 0.907. The van der Waals surface area contributed by atoms with Gasteiger partial charge in [0.1, 0.15) is 0 Å². The average molecular weight is 376 g/mol. The van der Waals surface area contributed by atoms with Gasteiger partial charge >= 0.3 is 5.97 Å². The van der Waals surface area contributed by atoms with Crippen LogP contribution in [-0.4, -0.2) is 25.0 Å². The number of carbonyl (C=O) groups excluding carboxylic acids is 2. The van der Waals surface area contributed by atoms with Crippen molar-refractivity contribution < 1.29 is 14.3 Å². The van der Waals surface area contributed by atoms with Crippen LogP contribution < -0.4 is 5.32 Å². The molecule has 0 heterocycles. The highest BCUT2D eigenvalue weighted by Gasteiger charge is 2.08. The van der Waals surface area contributed by atoms with E-state index in [0.717, 1.165) is 22.0 Å². The molecule has 0 spiro atoms. The second kappa shape index (κ2) is 9.10. The molecular formula is C18H18BrNO3. The third-order valence-corrected chi connectivity index (χ3v) is 3.73. The Kier molecular flexibility index (Phi) is 6.81. The summed E-state index contributed by atoms with van der Waals surface area (Å²) in [7, 11) is 0. The van der Waals surface area contributed by atoms with Crippen molar-refractivity contribution in [1.82, 2.24) is 5.32 Å². The Labute approximate surface area is 144 Å².